The van der Waals surface area contributed by atoms with Gasteiger partial charge in [-0.25, -0.2) is 0 Å². The van der Waals surface area contributed by atoms with E-state index >= 15 is 0 Å². The van der Waals surface area contributed by atoms with E-state index in [0.717, 1.165) is 30.3 Å². The monoisotopic (exact) mass is 247 g/mol. The first-order chi connectivity index (χ1) is 8.77. The predicted molar refractivity (Wildman–Crippen MR) is 73.3 cm³/mol. The fraction of sp³-hybridized carbons (Fsp3) is 0.933. The van der Waals surface area contributed by atoms with Crippen molar-refractivity contribution < 1.29 is 0 Å². The van der Waals surface area contributed by atoms with Gasteiger partial charge in [-0.2, -0.15) is 0 Å². The van der Waals surface area contributed by atoms with E-state index < -0.39 is 0 Å². The van der Waals surface area contributed by atoms with Crippen LogP contribution in [-0.4, -0.2) is 29.5 Å². The maximum atomic E-state index is 6.17. The van der Waals surface area contributed by atoms with Crippen molar-refractivity contribution in [2.24, 2.45) is 28.5 Å². The average molecular weight is 247 g/mol. The van der Waals surface area contributed by atoms with Gasteiger partial charge in [-0.1, -0.05) is 12.8 Å². The van der Waals surface area contributed by atoms with Crippen molar-refractivity contribution in [2.45, 2.75) is 56.9 Å². The highest BCUT2D eigenvalue weighted by molar-refractivity contribution is 5.81. The van der Waals surface area contributed by atoms with Crippen LogP contribution in [0.4, 0.5) is 0 Å². The molecule has 0 bridgehead atoms. The second-order valence-corrected chi connectivity index (χ2v) is 7.15. The van der Waals surface area contributed by atoms with Gasteiger partial charge in [0.05, 0.1) is 12.1 Å². The van der Waals surface area contributed by atoms with Gasteiger partial charge in [-0.3, -0.25) is 4.99 Å². The van der Waals surface area contributed by atoms with E-state index in [-0.39, 0.29) is 0 Å². The van der Waals surface area contributed by atoms with E-state index in [9.17, 15) is 0 Å². The van der Waals surface area contributed by atoms with Crippen molar-refractivity contribution in [1.82, 2.24) is 4.90 Å². The molecule has 1 spiro atoms. The predicted octanol–water partition coefficient (Wildman–Crippen LogP) is 2.37. The number of nitrogens with zero attached hydrogens (tertiary/aromatic N) is 2. The van der Waals surface area contributed by atoms with Crippen LogP contribution in [0.15, 0.2) is 4.99 Å². The van der Waals surface area contributed by atoms with E-state index in [2.05, 4.69) is 9.89 Å². The Morgan fingerprint density at radius 3 is 2.72 bits per heavy atom. The Morgan fingerprint density at radius 1 is 1.17 bits per heavy atom. The minimum Gasteiger partial charge on any atom is -0.370 e. The van der Waals surface area contributed by atoms with E-state index in [1.165, 1.54) is 57.9 Å². The first kappa shape index (κ1) is 11.1. The lowest BCUT2D eigenvalue weighted by atomic mass is 9.73. The number of nitrogens with two attached hydrogens (primary N) is 1. The molecule has 2 atom stereocenters. The lowest BCUT2D eigenvalue weighted by molar-refractivity contribution is 0.0960. The molecule has 2 N–H and O–H groups in total. The highest BCUT2D eigenvalue weighted by Gasteiger charge is 2.49. The number of rotatable bonds is 3. The standard InChI is InChI=1S/C15H25N3/c16-14-17-10-15(18(14)9-11-3-4-11)7-1-2-13(8-15)12-5-6-12/h11-13H,1-10H2,(H2,16,17). The molecular weight excluding hydrogens is 222 g/mol. The first-order valence-electron chi connectivity index (χ1n) is 7.84. The Morgan fingerprint density at radius 2 is 2.00 bits per heavy atom. The maximum Gasteiger partial charge on any atom is 0.191 e. The van der Waals surface area contributed by atoms with Crippen molar-refractivity contribution in [1.29, 1.82) is 0 Å². The van der Waals surface area contributed by atoms with E-state index in [1.807, 2.05) is 0 Å². The van der Waals surface area contributed by atoms with Crippen molar-refractivity contribution >= 4 is 5.96 Å². The topological polar surface area (TPSA) is 41.6 Å². The largest absolute Gasteiger partial charge is 0.370 e. The number of aliphatic imine (C=N–C) groups is 1. The molecule has 0 aromatic rings. The molecule has 3 aliphatic carbocycles. The van der Waals surface area contributed by atoms with Crippen LogP contribution < -0.4 is 5.73 Å². The number of hydrogen-bond acceptors (Lipinski definition) is 3. The molecule has 18 heavy (non-hydrogen) atoms. The number of guanidine groups is 1. The fourth-order valence-electron chi connectivity index (χ4n) is 4.23. The van der Waals surface area contributed by atoms with Crippen LogP contribution in [0.2, 0.25) is 0 Å². The zero-order chi connectivity index (χ0) is 12.2. The van der Waals surface area contributed by atoms with Crippen molar-refractivity contribution in [3.05, 3.63) is 0 Å². The van der Waals surface area contributed by atoms with Crippen molar-refractivity contribution in [3.63, 3.8) is 0 Å². The third-order valence-corrected chi connectivity index (χ3v) is 5.67. The summed E-state index contributed by atoms with van der Waals surface area (Å²) in [5.41, 5.74) is 6.51. The molecule has 4 rings (SSSR count). The average Bonchev–Trinajstić information content (AvgIpc) is 3.27. The van der Waals surface area contributed by atoms with Crippen LogP contribution in [0.25, 0.3) is 0 Å². The van der Waals surface area contributed by atoms with Gasteiger partial charge in [0.15, 0.2) is 5.96 Å². The summed E-state index contributed by atoms with van der Waals surface area (Å²) in [5, 5.41) is 0. The Hall–Kier alpha value is -0.730. The molecule has 4 aliphatic rings. The smallest absolute Gasteiger partial charge is 0.191 e. The molecule has 0 aromatic carbocycles. The Bertz CT molecular complexity index is 370. The highest BCUT2D eigenvalue weighted by Crippen LogP contribution is 2.49. The number of hydrogen-bond donors (Lipinski definition) is 1. The molecular formula is C15H25N3. The summed E-state index contributed by atoms with van der Waals surface area (Å²) in [5.74, 6) is 3.78. The summed E-state index contributed by atoms with van der Waals surface area (Å²) in [4.78, 5) is 7.12. The van der Waals surface area contributed by atoms with Crippen LogP contribution in [0, 0.1) is 17.8 Å². The molecule has 0 radical (unpaired) electrons. The normalized spacial score (nSPS) is 40.3. The minimum absolute atomic E-state index is 0.332. The molecule has 2 unspecified atom stereocenters. The summed E-state index contributed by atoms with van der Waals surface area (Å²) < 4.78 is 0. The molecule has 1 aliphatic heterocycles. The molecule has 0 aromatic heterocycles. The zero-order valence-electron chi connectivity index (χ0n) is 11.3. The Balaban J connectivity index is 1.52. The van der Waals surface area contributed by atoms with E-state index in [4.69, 9.17) is 5.73 Å². The van der Waals surface area contributed by atoms with Gasteiger partial charge in [0.25, 0.3) is 0 Å². The summed E-state index contributed by atoms with van der Waals surface area (Å²) in [6.45, 7) is 2.17. The van der Waals surface area contributed by atoms with Crippen LogP contribution in [0.5, 0.6) is 0 Å². The molecule has 100 valence electrons. The molecule has 0 amide bonds. The molecule has 1 heterocycles. The quantitative estimate of drug-likeness (QED) is 0.832. The van der Waals surface area contributed by atoms with Gasteiger partial charge in [0.2, 0.25) is 0 Å². The third kappa shape index (κ3) is 1.83. The SMILES string of the molecule is NC1=NCC2(CCCC(C3CC3)C2)N1CC1CC1. The molecule has 3 saturated carbocycles. The fourth-order valence-corrected chi connectivity index (χ4v) is 4.23. The van der Waals surface area contributed by atoms with Crippen molar-refractivity contribution in [2.75, 3.05) is 13.1 Å². The van der Waals surface area contributed by atoms with E-state index in [0.29, 0.717) is 5.54 Å². The van der Waals surface area contributed by atoms with Gasteiger partial charge in [0, 0.05) is 6.54 Å². The minimum atomic E-state index is 0.332. The maximum absolute atomic E-state index is 6.17. The summed E-state index contributed by atoms with van der Waals surface area (Å²) >= 11 is 0. The second-order valence-electron chi connectivity index (χ2n) is 7.15. The first-order valence-corrected chi connectivity index (χ1v) is 7.84. The molecule has 3 fully saturated rings. The zero-order valence-corrected chi connectivity index (χ0v) is 11.3. The molecule has 3 nitrogen and oxygen atoms in total. The summed E-state index contributed by atoms with van der Waals surface area (Å²) in [6.07, 6.45) is 11.3. The lowest BCUT2D eigenvalue weighted by Gasteiger charge is -2.45. The van der Waals surface area contributed by atoms with Crippen LogP contribution in [0.1, 0.15) is 51.4 Å². The summed E-state index contributed by atoms with van der Waals surface area (Å²) in [7, 11) is 0. The van der Waals surface area contributed by atoms with Crippen molar-refractivity contribution in [3.8, 4) is 0 Å². The van der Waals surface area contributed by atoms with Crippen LogP contribution >= 0.6 is 0 Å². The summed E-state index contributed by atoms with van der Waals surface area (Å²) in [6, 6.07) is 0. The second kappa shape index (κ2) is 3.88. The van der Waals surface area contributed by atoms with Gasteiger partial charge in [-0.05, 0) is 56.3 Å². The Labute approximate surface area is 110 Å². The van der Waals surface area contributed by atoms with Crippen LogP contribution in [-0.2, 0) is 0 Å². The van der Waals surface area contributed by atoms with Gasteiger partial charge < -0.3 is 10.6 Å². The van der Waals surface area contributed by atoms with E-state index in [1.54, 1.807) is 0 Å². The van der Waals surface area contributed by atoms with Gasteiger partial charge in [-0.15, -0.1) is 0 Å². The van der Waals surface area contributed by atoms with Gasteiger partial charge in [0.1, 0.15) is 0 Å². The molecule has 3 heteroatoms. The Kier molecular flexibility index (Phi) is 2.40. The molecule has 0 saturated heterocycles. The highest BCUT2D eigenvalue weighted by atomic mass is 15.4. The van der Waals surface area contributed by atoms with Gasteiger partial charge >= 0.3 is 0 Å². The third-order valence-electron chi connectivity index (χ3n) is 5.67. The lowest BCUT2D eigenvalue weighted by Crippen LogP contribution is -2.54. The van der Waals surface area contributed by atoms with Crippen LogP contribution in [0.3, 0.4) is 0 Å².